The number of carbonyl (C=O) groups excluding carboxylic acids is 1. The summed E-state index contributed by atoms with van der Waals surface area (Å²) >= 11 is 5.68. The second-order valence-corrected chi connectivity index (χ2v) is 3.39. The lowest BCUT2D eigenvalue weighted by Gasteiger charge is -2.07. The molecule has 0 aliphatic rings. The van der Waals surface area contributed by atoms with Crippen LogP contribution in [0.4, 0.5) is 0 Å². The maximum absolute atomic E-state index is 11.3. The summed E-state index contributed by atoms with van der Waals surface area (Å²) < 4.78 is 4.89. The zero-order valence-electron chi connectivity index (χ0n) is 7.82. The normalized spacial score (nSPS) is 10.3. The monoisotopic (exact) mass is 215 g/mol. The van der Waals surface area contributed by atoms with Crippen LogP contribution in [0, 0.1) is 0 Å². The van der Waals surface area contributed by atoms with E-state index >= 15 is 0 Å². The number of pyridine rings is 1. The highest BCUT2D eigenvalue weighted by Gasteiger charge is 2.15. The van der Waals surface area contributed by atoms with E-state index in [4.69, 9.17) is 21.4 Å². The molecule has 0 aliphatic heterocycles. The predicted molar refractivity (Wildman–Crippen MR) is 51.5 cm³/mol. The van der Waals surface area contributed by atoms with Gasteiger partial charge in [-0.25, -0.2) is 9.78 Å². The lowest BCUT2D eigenvalue weighted by atomic mass is 10.3. The summed E-state index contributed by atoms with van der Waals surface area (Å²) in [6.45, 7) is 3.46. The van der Waals surface area contributed by atoms with Gasteiger partial charge in [0, 0.05) is 6.07 Å². The van der Waals surface area contributed by atoms with Crippen molar-refractivity contribution >= 4 is 17.6 Å². The molecule has 4 nitrogen and oxygen atoms in total. The number of ether oxygens (including phenoxy) is 1. The Morgan fingerprint density at radius 3 is 2.79 bits per heavy atom. The lowest BCUT2D eigenvalue weighted by molar-refractivity contribution is 0.0371. The minimum Gasteiger partial charge on any atom is -0.506 e. The first-order valence-corrected chi connectivity index (χ1v) is 4.44. The van der Waals surface area contributed by atoms with E-state index in [1.165, 1.54) is 6.07 Å². The quantitative estimate of drug-likeness (QED) is 0.767. The molecule has 0 aliphatic carbocycles. The molecule has 0 aromatic carbocycles. The van der Waals surface area contributed by atoms with Crippen LogP contribution in [0.3, 0.4) is 0 Å². The molecule has 0 saturated carbocycles. The standard InChI is InChI=1S/C9H10ClNO3/c1-5(2)14-9(13)8-7(10)3-6(12)4-11-8/h3-5,12H,1-2H3. The van der Waals surface area contributed by atoms with E-state index in [9.17, 15) is 4.79 Å². The van der Waals surface area contributed by atoms with E-state index in [1.54, 1.807) is 13.8 Å². The number of rotatable bonds is 2. The van der Waals surface area contributed by atoms with E-state index in [0.717, 1.165) is 6.20 Å². The van der Waals surface area contributed by atoms with E-state index in [0.29, 0.717) is 0 Å². The van der Waals surface area contributed by atoms with Gasteiger partial charge in [0.25, 0.3) is 0 Å². The van der Waals surface area contributed by atoms with Crippen LogP contribution < -0.4 is 0 Å². The smallest absolute Gasteiger partial charge is 0.358 e. The van der Waals surface area contributed by atoms with Crippen LogP contribution >= 0.6 is 11.6 Å². The molecule has 0 fully saturated rings. The summed E-state index contributed by atoms with van der Waals surface area (Å²) in [4.78, 5) is 15.0. The van der Waals surface area contributed by atoms with Crippen LogP contribution in [-0.2, 0) is 4.74 Å². The maximum atomic E-state index is 11.3. The summed E-state index contributed by atoms with van der Waals surface area (Å²) in [5.74, 6) is -0.680. The van der Waals surface area contributed by atoms with E-state index in [2.05, 4.69) is 4.98 Å². The van der Waals surface area contributed by atoms with Crippen molar-refractivity contribution in [3.8, 4) is 5.75 Å². The van der Waals surface area contributed by atoms with Crippen LogP contribution in [0.2, 0.25) is 5.02 Å². The van der Waals surface area contributed by atoms with Gasteiger partial charge in [0.05, 0.1) is 17.3 Å². The highest BCUT2D eigenvalue weighted by molar-refractivity contribution is 6.33. The average Bonchev–Trinajstić information content (AvgIpc) is 2.01. The maximum Gasteiger partial charge on any atom is 0.358 e. The number of hydrogen-bond acceptors (Lipinski definition) is 4. The van der Waals surface area contributed by atoms with Gasteiger partial charge < -0.3 is 9.84 Å². The number of nitrogens with zero attached hydrogens (tertiary/aromatic N) is 1. The number of hydrogen-bond donors (Lipinski definition) is 1. The Labute approximate surface area is 86.5 Å². The molecule has 14 heavy (non-hydrogen) atoms. The van der Waals surface area contributed by atoms with Crippen molar-refractivity contribution in [1.29, 1.82) is 0 Å². The first-order valence-electron chi connectivity index (χ1n) is 4.06. The third-order valence-corrected chi connectivity index (χ3v) is 1.65. The van der Waals surface area contributed by atoms with Gasteiger partial charge >= 0.3 is 5.97 Å². The van der Waals surface area contributed by atoms with Crippen molar-refractivity contribution < 1.29 is 14.6 Å². The molecule has 0 unspecified atom stereocenters. The fraction of sp³-hybridized carbons (Fsp3) is 0.333. The van der Waals surface area contributed by atoms with Gasteiger partial charge in [-0.3, -0.25) is 0 Å². The van der Waals surface area contributed by atoms with E-state index < -0.39 is 5.97 Å². The van der Waals surface area contributed by atoms with Gasteiger partial charge in [0.2, 0.25) is 0 Å². The minimum absolute atomic E-state index is 0.0122. The van der Waals surface area contributed by atoms with Crippen LogP contribution in [0.25, 0.3) is 0 Å². The van der Waals surface area contributed by atoms with Crippen LogP contribution in [0.5, 0.6) is 5.75 Å². The Kier molecular flexibility index (Phi) is 3.30. The first kappa shape index (κ1) is 10.8. The topological polar surface area (TPSA) is 59.4 Å². The van der Waals surface area contributed by atoms with Crippen molar-refractivity contribution in [3.63, 3.8) is 0 Å². The van der Waals surface area contributed by atoms with Gasteiger partial charge in [0.1, 0.15) is 5.75 Å². The molecule has 0 saturated heterocycles. The zero-order valence-corrected chi connectivity index (χ0v) is 8.58. The Morgan fingerprint density at radius 2 is 2.29 bits per heavy atom. The molecule has 76 valence electrons. The summed E-state index contributed by atoms with van der Waals surface area (Å²) in [7, 11) is 0. The Hall–Kier alpha value is -1.29. The number of aromatic nitrogens is 1. The molecular weight excluding hydrogens is 206 g/mol. The predicted octanol–water partition coefficient (Wildman–Crippen LogP) is 2.01. The van der Waals surface area contributed by atoms with Crippen LogP contribution in [-0.4, -0.2) is 22.2 Å². The van der Waals surface area contributed by atoms with Crippen LogP contribution in [0.1, 0.15) is 24.3 Å². The van der Waals surface area contributed by atoms with Crippen molar-refractivity contribution in [2.75, 3.05) is 0 Å². The lowest BCUT2D eigenvalue weighted by Crippen LogP contribution is -2.13. The average molecular weight is 216 g/mol. The van der Waals surface area contributed by atoms with Crippen molar-refractivity contribution in [3.05, 3.63) is 23.0 Å². The molecule has 1 N–H and O–H groups in total. The molecule has 0 spiro atoms. The number of esters is 1. The molecular formula is C9H10ClNO3. The molecule has 0 atom stereocenters. The third kappa shape index (κ3) is 2.60. The largest absolute Gasteiger partial charge is 0.506 e. The highest BCUT2D eigenvalue weighted by atomic mass is 35.5. The molecule has 1 aromatic heterocycles. The van der Waals surface area contributed by atoms with Crippen molar-refractivity contribution in [2.24, 2.45) is 0 Å². The Bertz CT molecular complexity index is 352. The summed E-state index contributed by atoms with van der Waals surface area (Å²) in [6, 6.07) is 1.24. The van der Waals surface area contributed by atoms with Gasteiger partial charge in [-0.1, -0.05) is 11.6 Å². The second-order valence-electron chi connectivity index (χ2n) is 2.98. The van der Waals surface area contributed by atoms with Crippen molar-refractivity contribution in [1.82, 2.24) is 4.98 Å². The fourth-order valence-electron chi connectivity index (χ4n) is 0.848. The number of aromatic hydroxyl groups is 1. The SMILES string of the molecule is CC(C)OC(=O)c1ncc(O)cc1Cl. The van der Waals surface area contributed by atoms with Gasteiger partial charge in [0.15, 0.2) is 5.69 Å². The van der Waals surface area contributed by atoms with Crippen LogP contribution in [0.15, 0.2) is 12.3 Å². The molecule has 0 radical (unpaired) electrons. The summed E-state index contributed by atoms with van der Waals surface area (Å²) in [6.07, 6.45) is 0.914. The molecule has 1 rings (SSSR count). The van der Waals surface area contributed by atoms with E-state index in [-0.39, 0.29) is 22.6 Å². The summed E-state index contributed by atoms with van der Waals surface area (Å²) in [5, 5.41) is 9.08. The van der Waals surface area contributed by atoms with Gasteiger partial charge in [-0.15, -0.1) is 0 Å². The molecule has 5 heteroatoms. The summed E-state index contributed by atoms with van der Waals surface area (Å²) in [5.41, 5.74) is 0.0122. The molecule has 1 heterocycles. The Morgan fingerprint density at radius 1 is 1.64 bits per heavy atom. The van der Waals surface area contributed by atoms with Gasteiger partial charge in [-0.2, -0.15) is 0 Å². The minimum atomic E-state index is -0.593. The fourth-order valence-corrected chi connectivity index (χ4v) is 1.09. The number of halogens is 1. The molecule has 0 amide bonds. The molecule has 0 bridgehead atoms. The highest BCUT2D eigenvalue weighted by Crippen LogP contribution is 2.19. The second kappa shape index (κ2) is 4.28. The zero-order chi connectivity index (χ0) is 10.7. The molecule has 1 aromatic rings. The van der Waals surface area contributed by atoms with Crippen molar-refractivity contribution in [2.45, 2.75) is 20.0 Å². The Balaban J connectivity index is 2.90. The van der Waals surface area contributed by atoms with E-state index in [1.807, 2.05) is 0 Å². The third-order valence-electron chi connectivity index (χ3n) is 1.36. The van der Waals surface area contributed by atoms with Gasteiger partial charge in [-0.05, 0) is 13.8 Å². The number of carbonyl (C=O) groups is 1. The first-order chi connectivity index (χ1) is 6.50.